The van der Waals surface area contributed by atoms with Gasteiger partial charge in [-0.2, -0.15) is 19.1 Å². The molecule has 0 spiro atoms. The second kappa shape index (κ2) is 31.3. The van der Waals surface area contributed by atoms with Gasteiger partial charge in [0.15, 0.2) is 11.1 Å². The molecule has 6 amide bonds. The van der Waals surface area contributed by atoms with Crippen molar-refractivity contribution in [2.45, 2.75) is 84.6 Å². The Labute approximate surface area is 616 Å². The Morgan fingerprint density at radius 3 is 1.24 bits per heavy atom. The van der Waals surface area contributed by atoms with E-state index in [4.69, 9.17) is 37.9 Å². The van der Waals surface area contributed by atoms with Crippen LogP contribution < -0.4 is 47.7 Å². The van der Waals surface area contributed by atoms with Gasteiger partial charge in [0.25, 0.3) is 31.9 Å². The lowest BCUT2D eigenvalue weighted by Gasteiger charge is -2.46. The summed E-state index contributed by atoms with van der Waals surface area (Å²) in [5, 5.41) is 25.9. The van der Waals surface area contributed by atoms with Gasteiger partial charge < -0.3 is 58.3 Å². The number of nitriles is 2. The fraction of sp³-hybridized carbons (Fsp3) is 0.459. The van der Waals surface area contributed by atoms with Gasteiger partial charge in [-0.15, -0.1) is 0 Å². The number of nitrogens with zero attached hydrogens (tertiary/aromatic N) is 12. The molecule has 6 aromatic rings. The number of pyridine rings is 2. The van der Waals surface area contributed by atoms with Gasteiger partial charge in [-0.05, 0) is 124 Å². The molecule has 10 heterocycles. The van der Waals surface area contributed by atoms with Crippen molar-refractivity contribution in [1.29, 1.82) is 10.5 Å². The van der Waals surface area contributed by atoms with Crippen molar-refractivity contribution in [2.24, 2.45) is 0 Å². The number of sulfonamides is 2. The molecule has 2 N–H and O–H groups in total. The standard InChI is InChI=1S/2C37H43N7O8S/c1-4-52-34-29(6-5-13-39-34)37(40-36(46)43-14-11-26(12-15-43)41-16-18-42(19-17-41)27-23-51-24-27)30-20-25(22-38)7-9-31(30)44(35(37)45)53(47,48)33-10-8-28(49-2)21-32(33)50-3;1-4-52-34-29(6-5-13-39-34)37(40-36(46)43-18-16-42(17-19-43)26-11-14-41(15-12-26)27-23-51-24-27)30-20-25(22-38)7-9-31(30)44(35(37)45)53(47,48)33-10-8-28(49-2)21-32(33)50-3/h2*5-10,13,20-21,26-27H,4,11-12,14-19,23-24H2,1-3H3,(H,40,46)/t2*37-/m11/s1. The molecule has 0 unspecified atom stereocenters. The number of piperazine rings is 2. The van der Waals surface area contributed by atoms with E-state index in [9.17, 15) is 36.9 Å². The summed E-state index contributed by atoms with van der Waals surface area (Å²) in [6.07, 6.45) is 6.54. The second-order valence-electron chi connectivity index (χ2n) is 26.8. The van der Waals surface area contributed by atoms with Crippen molar-refractivity contribution in [3.05, 3.63) is 143 Å². The first-order valence-corrected chi connectivity index (χ1v) is 38.3. The van der Waals surface area contributed by atoms with Crippen LogP contribution in [0.5, 0.6) is 34.8 Å². The number of anilines is 2. The van der Waals surface area contributed by atoms with E-state index in [0.29, 0.717) is 83.5 Å². The van der Waals surface area contributed by atoms with Crippen molar-refractivity contribution in [3.63, 3.8) is 0 Å². The molecule has 32 heteroatoms. The van der Waals surface area contributed by atoms with E-state index in [2.05, 4.69) is 52.3 Å². The predicted molar refractivity (Wildman–Crippen MR) is 385 cm³/mol. The van der Waals surface area contributed by atoms with Gasteiger partial charge in [0.1, 0.15) is 32.8 Å². The third kappa shape index (κ3) is 13.7. The number of ether oxygens (including phenoxy) is 8. The normalized spacial score (nSPS) is 21.4. The van der Waals surface area contributed by atoms with E-state index in [0.717, 1.165) is 91.4 Å². The lowest BCUT2D eigenvalue weighted by atomic mass is 9.83. The molecule has 0 bridgehead atoms. The minimum Gasteiger partial charge on any atom is -0.497 e. The predicted octanol–water partition coefficient (Wildman–Crippen LogP) is 5.08. The number of benzene rings is 4. The molecule has 0 saturated carbocycles. The van der Waals surface area contributed by atoms with E-state index in [1.807, 2.05) is 0 Å². The number of fused-ring (bicyclic) bond motifs is 2. The first-order valence-electron chi connectivity index (χ1n) is 35.5. The van der Waals surface area contributed by atoms with Crippen LogP contribution in [0.1, 0.15) is 72.9 Å². The Bertz CT molecular complexity index is 4330. The van der Waals surface area contributed by atoms with E-state index in [-0.39, 0.29) is 91.0 Å². The molecule has 8 aliphatic rings. The highest BCUT2D eigenvalue weighted by Gasteiger charge is 2.61. The fourth-order valence-electron chi connectivity index (χ4n) is 15.5. The molecule has 14 rings (SSSR count). The topological polar surface area (TPSA) is 334 Å². The number of likely N-dealkylation sites (tertiary alicyclic amines) is 2. The lowest BCUT2D eigenvalue weighted by Crippen LogP contribution is -2.61. The van der Waals surface area contributed by atoms with Gasteiger partial charge in [0.05, 0.1) is 126 Å². The van der Waals surface area contributed by atoms with E-state index in [1.165, 1.54) is 114 Å². The van der Waals surface area contributed by atoms with Crippen LogP contribution in [0.25, 0.3) is 0 Å². The fourth-order valence-corrected chi connectivity index (χ4v) is 18.7. The van der Waals surface area contributed by atoms with Crippen molar-refractivity contribution in [2.75, 3.05) is 155 Å². The first-order chi connectivity index (χ1) is 51.3. The van der Waals surface area contributed by atoms with Gasteiger partial charge in [0.2, 0.25) is 11.8 Å². The van der Waals surface area contributed by atoms with Crippen LogP contribution >= 0.6 is 0 Å². The Kier molecular flexibility index (Phi) is 21.9. The highest BCUT2D eigenvalue weighted by Crippen LogP contribution is 2.52. The number of piperidine rings is 2. The summed E-state index contributed by atoms with van der Waals surface area (Å²) in [5.74, 6) is -1.33. The van der Waals surface area contributed by atoms with Gasteiger partial charge in [-0.1, -0.05) is 0 Å². The average Bonchev–Trinajstić information content (AvgIpc) is 1.54. The van der Waals surface area contributed by atoms with Crippen LogP contribution in [0.3, 0.4) is 0 Å². The molecule has 2 aromatic heterocycles. The number of amides is 6. The monoisotopic (exact) mass is 1490 g/mol. The van der Waals surface area contributed by atoms with Crippen molar-refractivity contribution < 1.29 is 73.9 Å². The number of nitrogens with one attached hydrogen (secondary N) is 2. The van der Waals surface area contributed by atoms with E-state index < -0.39 is 55.0 Å². The zero-order chi connectivity index (χ0) is 74.7. The highest BCUT2D eigenvalue weighted by molar-refractivity contribution is 7.94. The largest absolute Gasteiger partial charge is 0.497 e. The first kappa shape index (κ1) is 74.4. The SMILES string of the molecule is CCOc1ncccc1[C@]1(NC(=O)N2CCC(N3CCN(C4COC4)CC3)CC2)C(=O)N(S(=O)(=O)c2ccc(OC)cc2OC)c2ccc(C#N)cc21.CCOc1ncccc1[C@]1(NC(=O)N2CCN(C3CCN(C4COC4)CC3)CC2)C(=O)N(S(=O)(=O)c2ccc(OC)cc2OC)c2ccc(C#N)cc21. The molecular weight excluding hydrogens is 1410 g/mol. The molecule has 6 saturated heterocycles. The number of carbonyl (C=O) groups is 4. The number of hydrogen-bond acceptors (Lipinski definition) is 24. The summed E-state index contributed by atoms with van der Waals surface area (Å²) in [7, 11) is -3.90. The molecule has 6 fully saturated rings. The Balaban J connectivity index is 0.000000188. The van der Waals surface area contributed by atoms with E-state index >= 15 is 9.59 Å². The van der Waals surface area contributed by atoms with Gasteiger partial charge in [-0.25, -0.2) is 36.4 Å². The summed E-state index contributed by atoms with van der Waals surface area (Å²) < 4.78 is 104. The van der Waals surface area contributed by atoms with E-state index in [1.54, 1.807) is 47.9 Å². The number of urea groups is 2. The molecule has 0 radical (unpaired) electrons. The third-order valence-corrected chi connectivity index (χ3v) is 24.8. The summed E-state index contributed by atoms with van der Waals surface area (Å²) in [6, 6.07) is 27.9. The zero-order valence-electron chi connectivity index (χ0n) is 60.0. The minimum atomic E-state index is -4.70. The van der Waals surface area contributed by atoms with Crippen LogP contribution in [0.15, 0.2) is 119 Å². The van der Waals surface area contributed by atoms with Gasteiger partial charge in [0, 0.05) is 126 Å². The number of methoxy groups -OCH3 is 4. The molecule has 30 nitrogen and oxygen atoms in total. The van der Waals surface area contributed by atoms with Crippen LogP contribution in [0, 0.1) is 22.7 Å². The molecular formula is C74H86N14O16S2. The lowest BCUT2D eigenvalue weighted by molar-refractivity contribution is -0.122. The molecule has 8 aliphatic heterocycles. The van der Waals surface area contributed by atoms with Gasteiger partial charge >= 0.3 is 12.1 Å². The number of carbonyl (C=O) groups excluding carboxylic acids is 4. The quantitative estimate of drug-likeness (QED) is 0.101. The molecule has 560 valence electrons. The van der Waals surface area contributed by atoms with Crippen LogP contribution in [0.4, 0.5) is 21.0 Å². The summed E-state index contributed by atoms with van der Waals surface area (Å²) in [4.78, 5) is 80.7. The maximum atomic E-state index is 15.2. The van der Waals surface area contributed by atoms with Gasteiger partial charge in [-0.3, -0.25) is 29.2 Å². The van der Waals surface area contributed by atoms with Crippen LogP contribution in [0.2, 0.25) is 0 Å². The molecule has 2 atom stereocenters. The zero-order valence-corrected chi connectivity index (χ0v) is 61.6. The number of rotatable bonds is 20. The summed E-state index contributed by atoms with van der Waals surface area (Å²) >= 11 is 0. The van der Waals surface area contributed by atoms with Crippen LogP contribution in [-0.4, -0.2) is 251 Å². The highest BCUT2D eigenvalue weighted by atomic mass is 32.2. The maximum Gasteiger partial charge on any atom is 0.318 e. The molecule has 0 aliphatic carbocycles. The molecule has 106 heavy (non-hydrogen) atoms. The third-order valence-electron chi connectivity index (χ3n) is 21.3. The second-order valence-corrected chi connectivity index (χ2v) is 30.3. The average molecular weight is 1490 g/mol. The Morgan fingerprint density at radius 2 is 0.868 bits per heavy atom. The number of hydrogen-bond donors (Lipinski definition) is 2. The smallest absolute Gasteiger partial charge is 0.318 e. The van der Waals surface area contributed by atoms with Crippen molar-refractivity contribution in [3.8, 4) is 46.9 Å². The summed E-state index contributed by atoms with van der Waals surface area (Å²) in [5.41, 5.74) is -3.64. The Morgan fingerprint density at radius 1 is 0.491 bits per heavy atom. The van der Waals surface area contributed by atoms with Crippen LogP contribution in [-0.2, 0) is 50.2 Å². The number of aromatic nitrogens is 2. The minimum absolute atomic E-state index is 0.0304. The Hall–Kier alpha value is -9.90. The summed E-state index contributed by atoms with van der Waals surface area (Å²) in [6.45, 7) is 15.9. The molecule has 4 aromatic carbocycles. The van der Waals surface area contributed by atoms with Crippen molar-refractivity contribution in [1.82, 2.24) is 50.0 Å². The maximum absolute atomic E-state index is 15.2. The van der Waals surface area contributed by atoms with Crippen molar-refractivity contribution >= 4 is 55.3 Å².